The van der Waals surface area contributed by atoms with Crippen LogP contribution in [-0.4, -0.2) is 59.8 Å². The number of esters is 1. The maximum absolute atomic E-state index is 12.6. The lowest BCUT2D eigenvalue weighted by Gasteiger charge is -2.35. The minimum atomic E-state index is -0.823. The van der Waals surface area contributed by atoms with Crippen molar-refractivity contribution >= 4 is 12.1 Å². The zero-order valence-corrected chi connectivity index (χ0v) is 14.7. The molecule has 2 rings (SSSR count). The summed E-state index contributed by atoms with van der Waals surface area (Å²) < 4.78 is 16.0. The molecule has 1 saturated heterocycles. The van der Waals surface area contributed by atoms with Crippen LogP contribution in [0.3, 0.4) is 0 Å². The smallest absolute Gasteiger partial charge is 0.412 e. The second-order valence-electron chi connectivity index (χ2n) is 7.65. The number of methoxy groups -OCH3 is 1. The van der Waals surface area contributed by atoms with Crippen LogP contribution < -0.4 is 0 Å². The van der Waals surface area contributed by atoms with E-state index in [9.17, 15) is 14.7 Å². The number of nitrogens with zero attached hydrogens (tertiary/aromatic N) is 1. The Bertz CT molecular complexity index is 483. The largest absolute Gasteiger partial charge is 0.469 e. The second-order valence-corrected chi connectivity index (χ2v) is 7.65. The van der Waals surface area contributed by atoms with Crippen LogP contribution in [0.15, 0.2) is 0 Å². The van der Waals surface area contributed by atoms with Gasteiger partial charge in [-0.1, -0.05) is 0 Å². The highest BCUT2D eigenvalue weighted by Crippen LogP contribution is 2.53. The molecule has 0 bridgehead atoms. The van der Waals surface area contributed by atoms with Gasteiger partial charge in [-0.25, -0.2) is 4.79 Å². The molecule has 1 aliphatic carbocycles. The van der Waals surface area contributed by atoms with Gasteiger partial charge in [0.05, 0.1) is 25.7 Å². The molecular weight excluding hydrogens is 302 g/mol. The van der Waals surface area contributed by atoms with E-state index in [1.54, 1.807) is 39.5 Å². The Morgan fingerprint density at radius 3 is 2.43 bits per heavy atom. The van der Waals surface area contributed by atoms with Crippen molar-refractivity contribution in [3.05, 3.63) is 0 Å². The lowest BCUT2D eigenvalue weighted by atomic mass is 10.1. The summed E-state index contributed by atoms with van der Waals surface area (Å²) >= 11 is 0. The molecule has 2 fully saturated rings. The number of aliphatic hydroxyl groups excluding tert-OH is 1. The van der Waals surface area contributed by atoms with Crippen LogP contribution in [0.1, 0.15) is 34.6 Å². The highest BCUT2D eigenvalue weighted by molar-refractivity contribution is 5.77. The van der Waals surface area contributed by atoms with Gasteiger partial charge >= 0.3 is 12.1 Å². The highest BCUT2D eigenvalue weighted by Gasteiger charge is 2.64. The molecule has 4 unspecified atom stereocenters. The third-order valence-electron chi connectivity index (χ3n) is 4.47. The quantitative estimate of drug-likeness (QED) is 0.788. The molecule has 132 valence electrons. The number of amides is 1. The highest BCUT2D eigenvalue weighted by atomic mass is 16.6. The molecule has 23 heavy (non-hydrogen) atoms. The van der Waals surface area contributed by atoms with Crippen molar-refractivity contribution in [3.8, 4) is 0 Å². The number of hydrogen-bond donors (Lipinski definition) is 1. The molecule has 0 aromatic heterocycles. The summed E-state index contributed by atoms with van der Waals surface area (Å²) in [6.07, 6.45) is -0.475. The molecule has 4 atom stereocenters. The molecule has 7 nitrogen and oxygen atoms in total. The van der Waals surface area contributed by atoms with Crippen molar-refractivity contribution in [1.29, 1.82) is 0 Å². The average molecular weight is 329 g/mol. The van der Waals surface area contributed by atoms with Crippen molar-refractivity contribution in [2.24, 2.45) is 17.8 Å². The first-order valence-corrected chi connectivity index (χ1v) is 7.88. The van der Waals surface area contributed by atoms with Gasteiger partial charge in [0.25, 0.3) is 0 Å². The molecule has 1 N–H and O–H groups in total. The van der Waals surface area contributed by atoms with E-state index in [0.29, 0.717) is 6.61 Å². The number of rotatable bonds is 3. The average Bonchev–Trinajstić information content (AvgIpc) is 3.05. The number of aliphatic hydroxyl groups is 1. The van der Waals surface area contributed by atoms with Crippen molar-refractivity contribution in [1.82, 2.24) is 4.90 Å². The van der Waals surface area contributed by atoms with Gasteiger partial charge in [0.2, 0.25) is 0 Å². The van der Waals surface area contributed by atoms with E-state index in [0.717, 1.165) is 0 Å². The predicted octanol–water partition coefficient (Wildman–Crippen LogP) is 1.39. The lowest BCUT2D eigenvalue weighted by Crippen LogP contribution is -2.51. The number of carbonyl (C=O) groups excluding carboxylic acids is 2. The number of ether oxygens (including phenoxy) is 3. The van der Waals surface area contributed by atoms with Gasteiger partial charge in [-0.2, -0.15) is 0 Å². The van der Waals surface area contributed by atoms with Crippen molar-refractivity contribution in [2.75, 3.05) is 20.3 Å². The maximum Gasteiger partial charge on any atom is 0.412 e. The summed E-state index contributed by atoms with van der Waals surface area (Å²) in [6, 6.07) is -0.318. The third-order valence-corrected chi connectivity index (χ3v) is 4.47. The summed E-state index contributed by atoms with van der Waals surface area (Å²) in [5, 5.41) is 9.51. The fourth-order valence-corrected chi connectivity index (χ4v) is 3.41. The Hall–Kier alpha value is -1.34. The van der Waals surface area contributed by atoms with Gasteiger partial charge in [-0.05, 0) is 34.6 Å². The van der Waals surface area contributed by atoms with Gasteiger partial charge in [-0.15, -0.1) is 0 Å². The van der Waals surface area contributed by atoms with Crippen molar-refractivity contribution in [2.45, 2.75) is 52.0 Å². The van der Waals surface area contributed by atoms with Crippen LogP contribution in [0.5, 0.6) is 0 Å². The second kappa shape index (κ2) is 5.94. The standard InChI is InChI=1S/C16H27NO6/c1-15(2,3)23-14(20)17-10(8-22-16(17,4)5)11-9(7-18)12(11)13(19)21-6/h9-12,18H,7-8H2,1-6H3. The molecule has 1 amide bonds. The van der Waals surface area contributed by atoms with E-state index in [-0.39, 0.29) is 30.5 Å². The van der Waals surface area contributed by atoms with Crippen LogP contribution >= 0.6 is 0 Å². The van der Waals surface area contributed by atoms with E-state index >= 15 is 0 Å². The zero-order chi connectivity index (χ0) is 17.6. The summed E-state index contributed by atoms with van der Waals surface area (Å²) in [4.78, 5) is 26.0. The lowest BCUT2D eigenvalue weighted by molar-refractivity contribution is -0.143. The van der Waals surface area contributed by atoms with Gasteiger partial charge in [0.1, 0.15) is 11.3 Å². The molecule has 0 aromatic carbocycles. The minimum absolute atomic E-state index is 0.122. The summed E-state index contributed by atoms with van der Waals surface area (Å²) in [5.74, 6) is -1.16. The maximum atomic E-state index is 12.6. The Kier molecular flexibility index (Phi) is 4.65. The van der Waals surface area contributed by atoms with Gasteiger partial charge in [0, 0.05) is 18.4 Å². The topological polar surface area (TPSA) is 85.3 Å². The normalized spacial score (nSPS) is 32.6. The zero-order valence-electron chi connectivity index (χ0n) is 14.7. The molecule has 0 radical (unpaired) electrons. The van der Waals surface area contributed by atoms with Crippen LogP contribution in [0.2, 0.25) is 0 Å². The van der Waals surface area contributed by atoms with Crippen LogP contribution in [0.25, 0.3) is 0 Å². The van der Waals surface area contributed by atoms with Gasteiger partial charge < -0.3 is 19.3 Å². The van der Waals surface area contributed by atoms with E-state index < -0.39 is 23.3 Å². The van der Waals surface area contributed by atoms with Crippen LogP contribution in [0.4, 0.5) is 4.79 Å². The van der Waals surface area contributed by atoms with Crippen LogP contribution in [-0.2, 0) is 19.0 Å². The Morgan fingerprint density at radius 2 is 1.96 bits per heavy atom. The van der Waals surface area contributed by atoms with Gasteiger partial charge in [-0.3, -0.25) is 9.69 Å². The summed E-state index contributed by atoms with van der Waals surface area (Å²) in [7, 11) is 1.33. The Balaban J connectivity index is 2.21. The SMILES string of the molecule is COC(=O)C1C(CO)C1C1COC(C)(C)N1C(=O)OC(C)(C)C. The minimum Gasteiger partial charge on any atom is -0.469 e. The first-order chi connectivity index (χ1) is 10.5. The molecule has 7 heteroatoms. The summed E-state index contributed by atoms with van der Waals surface area (Å²) in [6.45, 7) is 9.17. The molecule has 1 heterocycles. The molecule has 2 aliphatic rings. The van der Waals surface area contributed by atoms with Crippen LogP contribution in [0, 0.1) is 17.8 Å². The van der Waals surface area contributed by atoms with Gasteiger partial charge in [0.15, 0.2) is 0 Å². The number of hydrogen-bond acceptors (Lipinski definition) is 6. The Morgan fingerprint density at radius 1 is 1.35 bits per heavy atom. The Labute approximate surface area is 136 Å². The molecule has 1 saturated carbocycles. The van der Waals surface area contributed by atoms with Crippen molar-refractivity contribution in [3.63, 3.8) is 0 Å². The van der Waals surface area contributed by atoms with E-state index in [1.807, 2.05) is 0 Å². The van der Waals surface area contributed by atoms with E-state index in [2.05, 4.69) is 0 Å². The fourth-order valence-electron chi connectivity index (χ4n) is 3.41. The van der Waals surface area contributed by atoms with Crippen molar-refractivity contribution < 1.29 is 28.9 Å². The molecule has 0 aromatic rings. The molecule has 1 aliphatic heterocycles. The first kappa shape index (κ1) is 18.0. The fraction of sp³-hybridized carbons (Fsp3) is 0.875. The third kappa shape index (κ3) is 3.45. The van der Waals surface area contributed by atoms with E-state index in [4.69, 9.17) is 14.2 Å². The number of carbonyl (C=O) groups is 2. The monoisotopic (exact) mass is 329 g/mol. The molecule has 0 spiro atoms. The first-order valence-electron chi connectivity index (χ1n) is 7.88. The van der Waals surface area contributed by atoms with E-state index in [1.165, 1.54) is 7.11 Å². The molecular formula is C16H27NO6. The summed E-state index contributed by atoms with van der Waals surface area (Å²) in [5.41, 5.74) is -1.45. The predicted molar refractivity (Wildman–Crippen MR) is 81.5 cm³/mol.